The summed E-state index contributed by atoms with van der Waals surface area (Å²) in [6, 6.07) is 9.88. The summed E-state index contributed by atoms with van der Waals surface area (Å²) in [6.45, 7) is 6.42. The first kappa shape index (κ1) is 16.4. The van der Waals surface area contributed by atoms with Crippen molar-refractivity contribution in [3.63, 3.8) is 0 Å². The Bertz CT molecular complexity index is 651. The lowest BCUT2D eigenvalue weighted by molar-refractivity contribution is -0.114. The largest absolute Gasteiger partial charge is 0.375 e. The highest BCUT2D eigenvalue weighted by atomic mass is 32.2. The SMILES string of the molecule is Cc1cc(NC(=O)CNc2ccccc2SC(C)C)n(C)n1. The molecule has 22 heavy (non-hydrogen) atoms. The number of aryl methyl sites for hydroxylation is 2. The van der Waals surface area contributed by atoms with Gasteiger partial charge in [0.15, 0.2) is 0 Å². The van der Waals surface area contributed by atoms with Crippen LogP contribution >= 0.6 is 11.8 Å². The number of amides is 1. The fourth-order valence-corrected chi connectivity index (χ4v) is 2.99. The van der Waals surface area contributed by atoms with Gasteiger partial charge in [-0.2, -0.15) is 5.10 Å². The number of hydrogen-bond donors (Lipinski definition) is 2. The van der Waals surface area contributed by atoms with E-state index in [1.54, 1.807) is 16.4 Å². The van der Waals surface area contributed by atoms with Crippen LogP contribution < -0.4 is 10.6 Å². The highest BCUT2D eigenvalue weighted by Crippen LogP contribution is 2.29. The molecule has 0 unspecified atom stereocenters. The van der Waals surface area contributed by atoms with Crippen molar-refractivity contribution in [3.8, 4) is 0 Å². The van der Waals surface area contributed by atoms with Crippen molar-refractivity contribution in [1.82, 2.24) is 9.78 Å². The van der Waals surface area contributed by atoms with Gasteiger partial charge >= 0.3 is 0 Å². The van der Waals surface area contributed by atoms with Crippen LogP contribution in [0.5, 0.6) is 0 Å². The number of thioether (sulfide) groups is 1. The Labute approximate surface area is 135 Å². The minimum atomic E-state index is -0.0904. The van der Waals surface area contributed by atoms with Crippen molar-refractivity contribution in [2.75, 3.05) is 17.2 Å². The van der Waals surface area contributed by atoms with E-state index in [1.807, 2.05) is 38.2 Å². The molecule has 0 saturated heterocycles. The number of hydrogen-bond acceptors (Lipinski definition) is 4. The lowest BCUT2D eigenvalue weighted by atomic mass is 10.3. The molecule has 1 amide bonds. The van der Waals surface area contributed by atoms with Crippen LogP contribution in [0.15, 0.2) is 35.2 Å². The second-order valence-electron chi connectivity index (χ2n) is 5.36. The molecule has 0 fully saturated rings. The smallest absolute Gasteiger partial charge is 0.244 e. The first-order chi connectivity index (χ1) is 10.5. The molecule has 2 N–H and O–H groups in total. The van der Waals surface area contributed by atoms with Gasteiger partial charge in [0.05, 0.1) is 12.2 Å². The standard InChI is InChI=1S/C16H22N4OS/c1-11(2)22-14-8-6-5-7-13(14)17-10-16(21)18-15-9-12(3)19-20(15)4/h5-9,11,17H,10H2,1-4H3,(H,18,21). The van der Waals surface area contributed by atoms with E-state index in [9.17, 15) is 4.79 Å². The van der Waals surface area contributed by atoms with Gasteiger partial charge in [-0.25, -0.2) is 0 Å². The van der Waals surface area contributed by atoms with Gasteiger partial charge < -0.3 is 10.6 Å². The van der Waals surface area contributed by atoms with Crippen LogP contribution in [0.1, 0.15) is 19.5 Å². The number of benzene rings is 1. The van der Waals surface area contributed by atoms with Gasteiger partial charge in [-0.1, -0.05) is 26.0 Å². The van der Waals surface area contributed by atoms with Crippen molar-refractivity contribution in [1.29, 1.82) is 0 Å². The lowest BCUT2D eigenvalue weighted by Gasteiger charge is -2.13. The highest BCUT2D eigenvalue weighted by Gasteiger charge is 2.09. The summed E-state index contributed by atoms with van der Waals surface area (Å²) >= 11 is 1.78. The summed E-state index contributed by atoms with van der Waals surface area (Å²) < 4.78 is 1.66. The third-order valence-electron chi connectivity index (χ3n) is 2.96. The van der Waals surface area contributed by atoms with Crippen molar-refractivity contribution >= 4 is 29.2 Å². The monoisotopic (exact) mass is 318 g/mol. The number of carbonyl (C=O) groups excluding carboxylic acids is 1. The minimum Gasteiger partial charge on any atom is -0.375 e. The fraction of sp³-hybridized carbons (Fsp3) is 0.375. The van der Waals surface area contributed by atoms with E-state index >= 15 is 0 Å². The van der Waals surface area contributed by atoms with Crippen LogP contribution in [0, 0.1) is 6.92 Å². The number of carbonyl (C=O) groups is 1. The Kier molecular flexibility index (Phi) is 5.49. The molecule has 0 saturated carbocycles. The van der Waals surface area contributed by atoms with Crippen LogP contribution in [-0.2, 0) is 11.8 Å². The number of anilines is 2. The van der Waals surface area contributed by atoms with E-state index in [0.29, 0.717) is 11.1 Å². The van der Waals surface area contributed by atoms with Crippen LogP contribution in [0.2, 0.25) is 0 Å². The molecule has 0 spiro atoms. The van der Waals surface area contributed by atoms with Crippen LogP contribution in [0.25, 0.3) is 0 Å². The van der Waals surface area contributed by atoms with Crippen LogP contribution in [-0.4, -0.2) is 27.5 Å². The van der Waals surface area contributed by atoms with E-state index in [0.717, 1.165) is 16.3 Å². The van der Waals surface area contributed by atoms with Gasteiger partial charge in [0.25, 0.3) is 0 Å². The Hall–Kier alpha value is -1.95. The van der Waals surface area contributed by atoms with Crippen molar-refractivity contribution in [3.05, 3.63) is 36.0 Å². The Morgan fingerprint density at radius 2 is 2.09 bits per heavy atom. The quantitative estimate of drug-likeness (QED) is 0.803. The number of para-hydroxylation sites is 1. The second kappa shape index (κ2) is 7.35. The summed E-state index contributed by atoms with van der Waals surface area (Å²) in [5, 5.41) is 10.8. The predicted octanol–water partition coefficient (Wildman–Crippen LogP) is 3.28. The Balaban J connectivity index is 1.95. The summed E-state index contributed by atoms with van der Waals surface area (Å²) in [5.41, 5.74) is 1.86. The molecule has 1 aromatic heterocycles. The zero-order valence-corrected chi connectivity index (χ0v) is 14.2. The molecule has 2 aromatic rings. The molecule has 6 heteroatoms. The maximum absolute atomic E-state index is 12.1. The summed E-state index contributed by atoms with van der Waals surface area (Å²) in [5.74, 6) is 0.612. The average molecular weight is 318 g/mol. The molecule has 118 valence electrons. The first-order valence-electron chi connectivity index (χ1n) is 7.25. The van der Waals surface area contributed by atoms with Gasteiger partial charge in [-0.05, 0) is 19.1 Å². The molecule has 0 aliphatic carbocycles. The third-order valence-corrected chi connectivity index (χ3v) is 4.04. The molecule has 0 radical (unpaired) electrons. The number of nitrogens with zero attached hydrogens (tertiary/aromatic N) is 2. The zero-order chi connectivity index (χ0) is 16.1. The van der Waals surface area contributed by atoms with E-state index in [2.05, 4.69) is 35.6 Å². The van der Waals surface area contributed by atoms with Gasteiger partial charge in [0.1, 0.15) is 5.82 Å². The molecule has 0 atom stereocenters. The number of rotatable bonds is 6. The van der Waals surface area contributed by atoms with E-state index < -0.39 is 0 Å². The van der Waals surface area contributed by atoms with E-state index in [1.165, 1.54) is 0 Å². The third kappa shape index (κ3) is 4.53. The highest BCUT2D eigenvalue weighted by molar-refractivity contribution is 8.00. The molecule has 5 nitrogen and oxygen atoms in total. The number of nitrogens with one attached hydrogen (secondary N) is 2. The molecule has 1 aromatic carbocycles. The molecule has 0 aliphatic heterocycles. The molecule has 1 heterocycles. The topological polar surface area (TPSA) is 59.0 Å². The van der Waals surface area contributed by atoms with Crippen molar-refractivity contribution in [2.45, 2.75) is 30.9 Å². The molecule has 0 bridgehead atoms. The summed E-state index contributed by atoms with van der Waals surface area (Å²) in [4.78, 5) is 13.2. The molecule has 2 rings (SSSR count). The molecular weight excluding hydrogens is 296 g/mol. The van der Waals surface area contributed by atoms with Crippen LogP contribution in [0.3, 0.4) is 0 Å². The maximum atomic E-state index is 12.1. The van der Waals surface area contributed by atoms with Crippen molar-refractivity contribution < 1.29 is 4.79 Å². The Morgan fingerprint density at radius 1 is 1.36 bits per heavy atom. The average Bonchev–Trinajstić information content (AvgIpc) is 2.75. The fourth-order valence-electron chi connectivity index (χ4n) is 2.06. The molecular formula is C16H22N4OS. The Morgan fingerprint density at radius 3 is 2.73 bits per heavy atom. The number of aromatic nitrogens is 2. The van der Waals surface area contributed by atoms with Gasteiger partial charge in [-0.3, -0.25) is 9.48 Å². The lowest BCUT2D eigenvalue weighted by Crippen LogP contribution is -2.23. The molecule has 0 aliphatic rings. The zero-order valence-electron chi connectivity index (χ0n) is 13.4. The summed E-state index contributed by atoms with van der Waals surface area (Å²) in [6.07, 6.45) is 0. The normalized spacial score (nSPS) is 10.8. The minimum absolute atomic E-state index is 0.0904. The van der Waals surface area contributed by atoms with E-state index in [-0.39, 0.29) is 12.5 Å². The van der Waals surface area contributed by atoms with Crippen molar-refractivity contribution in [2.24, 2.45) is 7.05 Å². The van der Waals surface area contributed by atoms with Gasteiger partial charge in [-0.15, -0.1) is 11.8 Å². The second-order valence-corrected chi connectivity index (χ2v) is 6.98. The predicted molar refractivity (Wildman–Crippen MR) is 92.5 cm³/mol. The van der Waals surface area contributed by atoms with Crippen LogP contribution in [0.4, 0.5) is 11.5 Å². The first-order valence-corrected chi connectivity index (χ1v) is 8.13. The maximum Gasteiger partial charge on any atom is 0.244 e. The van der Waals surface area contributed by atoms with E-state index in [4.69, 9.17) is 0 Å². The van der Waals surface area contributed by atoms with Gasteiger partial charge in [0.2, 0.25) is 5.91 Å². The summed E-state index contributed by atoms with van der Waals surface area (Å²) in [7, 11) is 1.81. The van der Waals surface area contributed by atoms with Gasteiger partial charge in [0, 0.05) is 28.9 Å².